The predicted octanol–water partition coefficient (Wildman–Crippen LogP) is 6.93. The Morgan fingerprint density at radius 2 is 1.49 bits per heavy atom. The number of carbonyl (C=O) groups is 1. The van der Waals surface area contributed by atoms with Crippen LogP contribution in [0.4, 0.5) is 27.6 Å². The van der Waals surface area contributed by atoms with Crippen LogP contribution in [-0.4, -0.2) is 18.7 Å². The van der Waals surface area contributed by atoms with Crippen LogP contribution in [0.25, 0.3) is 16.8 Å². The van der Waals surface area contributed by atoms with E-state index in [0.717, 1.165) is 16.3 Å². The summed E-state index contributed by atoms with van der Waals surface area (Å²) in [7, 11) is 1.44. The van der Waals surface area contributed by atoms with E-state index in [1.165, 1.54) is 20.1 Å². The van der Waals surface area contributed by atoms with Crippen molar-refractivity contribution in [2.75, 3.05) is 12.1 Å². The summed E-state index contributed by atoms with van der Waals surface area (Å²) in [6.45, 7) is 1.52. The largest absolute Gasteiger partial charge is 0.493 e. The highest BCUT2D eigenvalue weighted by Gasteiger charge is 2.37. The van der Waals surface area contributed by atoms with Gasteiger partial charge in [0, 0.05) is 5.56 Å². The molecule has 10 heteroatoms. The van der Waals surface area contributed by atoms with Gasteiger partial charge in [0.2, 0.25) is 5.82 Å². The van der Waals surface area contributed by atoms with Crippen LogP contribution in [0.15, 0.2) is 71.3 Å². The normalized spacial score (nSPS) is 14.3. The van der Waals surface area contributed by atoms with Gasteiger partial charge >= 0.3 is 0 Å². The zero-order chi connectivity index (χ0) is 27.8. The molecule has 0 aliphatic carbocycles. The summed E-state index contributed by atoms with van der Waals surface area (Å²) in [4.78, 5) is 13.1. The summed E-state index contributed by atoms with van der Waals surface area (Å²) >= 11 is 0. The van der Waals surface area contributed by atoms with Gasteiger partial charge in [-0.05, 0) is 35.4 Å². The Hall–Kier alpha value is -4.73. The number of halogens is 5. The molecule has 198 valence electrons. The molecule has 0 atom stereocenters. The monoisotopic (exact) mass is 538 g/mol. The number of amides is 1. The van der Waals surface area contributed by atoms with Crippen molar-refractivity contribution in [3.05, 3.63) is 106 Å². The molecular formula is C29H19F5N2O3. The Morgan fingerprint density at radius 3 is 2.21 bits per heavy atom. The molecule has 0 saturated carbocycles. The first kappa shape index (κ1) is 25.9. The van der Waals surface area contributed by atoms with Crippen LogP contribution >= 0.6 is 0 Å². The smallest absolute Gasteiger partial charge is 0.280 e. The van der Waals surface area contributed by atoms with Crippen molar-refractivity contribution in [3.8, 4) is 11.5 Å². The van der Waals surface area contributed by atoms with Gasteiger partial charge in [-0.15, -0.1) is 0 Å². The third-order valence-corrected chi connectivity index (χ3v) is 6.24. The molecule has 0 radical (unpaired) electrons. The number of hydrazone groups is 1. The van der Waals surface area contributed by atoms with E-state index < -0.39 is 40.7 Å². The van der Waals surface area contributed by atoms with Crippen LogP contribution < -0.4 is 14.5 Å². The van der Waals surface area contributed by atoms with Crippen LogP contribution in [0.2, 0.25) is 0 Å². The SMILES string of the molecule is COc1cccc(/C=C2\C(=O)N(c3c(F)c(F)c(F)c(F)c3F)N=C2C)c1OCc1cccc2ccccc12. The third-order valence-electron chi connectivity index (χ3n) is 6.24. The van der Waals surface area contributed by atoms with E-state index in [1.807, 2.05) is 42.5 Å². The van der Waals surface area contributed by atoms with Gasteiger partial charge in [0.1, 0.15) is 12.3 Å². The second kappa shape index (κ2) is 10.2. The van der Waals surface area contributed by atoms with Gasteiger partial charge in [-0.2, -0.15) is 10.1 Å². The van der Waals surface area contributed by atoms with E-state index in [4.69, 9.17) is 9.47 Å². The number of rotatable bonds is 6. The maximum absolute atomic E-state index is 14.4. The molecule has 1 heterocycles. The third kappa shape index (κ3) is 4.47. The minimum atomic E-state index is -2.33. The number of benzene rings is 4. The number of fused-ring (bicyclic) bond motifs is 1. The molecule has 1 aliphatic heterocycles. The Bertz CT molecular complexity index is 1670. The number of anilines is 1. The zero-order valence-electron chi connectivity index (χ0n) is 20.6. The van der Waals surface area contributed by atoms with E-state index in [9.17, 15) is 26.7 Å². The summed E-state index contributed by atoms with van der Waals surface area (Å²) in [6.07, 6.45) is 1.36. The van der Waals surface area contributed by atoms with E-state index >= 15 is 0 Å². The summed E-state index contributed by atoms with van der Waals surface area (Å²) in [5.74, 6) is -11.5. The van der Waals surface area contributed by atoms with Gasteiger partial charge in [-0.3, -0.25) is 4.79 Å². The Balaban J connectivity index is 1.52. The predicted molar refractivity (Wildman–Crippen MR) is 136 cm³/mol. The van der Waals surface area contributed by atoms with Crippen molar-refractivity contribution < 1.29 is 36.2 Å². The highest BCUT2D eigenvalue weighted by atomic mass is 19.2. The van der Waals surface area contributed by atoms with Crippen molar-refractivity contribution >= 4 is 34.2 Å². The van der Waals surface area contributed by atoms with Crippen molar-refractivity contribution in [2.45, 2.75) is 13.5 Å². The molecule has 0 unspecified atom stereocenters. The standard InChI is InChI=1S/C29H19F5N2O3/c1-15-20(29(37)36(35-15)27-25(33)23(31)22(30)24(32)26(27)34)13-17-9-6-12-21(38-2)28(17)39-14-18-10-5-8-16-7-3-4-11-19(16)18/h3-13H,14H2,1-2H3/b20-13-. The second-order valence-electron chi connectivity index (χ2n) is 8.58. The number of hydrogen-bond donors (Lipinski definition) is 0. The Kier molecular flexibility index (Phi) is 6.78. The van der Waals surface area contributed by atoms with Crippen LogP contribution in [0.1, 0.15) is 18.1 Å². The molecule has 0 saturated heterocycles. The van der Waals surface area contributed by atoms with Gasteiger partial charge < -0.3 is 9.47 Å². The average molecular weight is 538 g/mol. The second-order valence-corrected chi connectivity index (χ2v) is 8.58. The van der Waals surface area contributed by atoms with E-state index in [2.05, 4.69) is 5.10 Å². The molecule has 0 fully saturated rings. The van der Waals surface area contributed by atoms with Gasteiger partial charge in [-0.25, -0.2) is 22.0 Å². The van der Waals surface area contributed by atoms with Crippen LogP contribution in [-0.2, 0) is 11.4 Å². The first-order chi connectivity index (χ1) is 18.7. The first-order valence-electron chi connectivity index (χ1n) is 11.6. The molecule has 5 nitrogen and oxygen atoms in total. The molecule has 4 aromatic rings. The molecule has 0 N–H and O–H groups in total. The summed E-state index contributed by atoms with van der Waals surface area (Å²) < 4.78 is 81.5. The number of para-hydroxylation sites is 1. The van der Waals surface area contributed by atoms with Crippen molar-refractivity contribution in [2.24, 2.45) is 5.10 Å². The minimum absolute atomic E-state index is 0.00763. The van der Waals surface area contributed by atoms with Gasteiger partial charge in [0.25, 0.3) is 5.91 Å². The molecule has 5 rings (SSSR count). The average Bonchev–Trinajstić information content (AvgIpc) is 3.22. The lowest BCUT2D eigenvalue weighted by molar-refractivity contribution is -0.114. The van der Waals surface area contributed by atoms with Gasteiger partial charge in [0.15, 0.2) is 34.8 Å². The van der Waals surface area contributed by atoms with Crippen molar-refractivity contribution in [1.29, 1.82) is 0 Å². The number of hydrogen-bond acceptors (Lipinski definition) is 4. The summed E-state index contributed by atoms with van der Waals surface area (Å²) in [6, 6.07) is 18.5. The highest BCUT2D eigenvalue weighted by Crippen LogP contribution is 2.37. The highest BCUT2D eigenvalue weighted by molar-refractivity contribution is 6.32. The van der Waals surface area contributed by atoms with Gasteiger partial charge in [-0.1, -0.05) is 54.6 Å². The Labute approximate surface area is 219 Å². The number of nitrogens with zero attached hydrogens (tertiary/aromatic N) is 2. The van der Waals surface area contributed by atoms with Crippen LogP contribution in [0, 0.1) is 29.1 Å². The fraction of sp³-hybridized carbons (Fsp3) is 0.103. The van der Waals surface area contributed by atoms with E-state index in [1.54, 1.807) is 18.2 Å². The zero-order valence-corrected chi connectivity index (χ0v) is 20.6. The minimum Gasteiger partial charge on any atom is -0.493 e. The van der Waals surface area contributed by atoms with E-state index in [0.29, 0.717) is 11.3 Å². The fourth-order valence-electron chi connectivity index (χ4n) is 4.30. The fourth-order valence-corrected chi connectivity index (χ4v) is 4.30. The molecule has 0 spiro atoms. The summed E-state index contributed by atoms with van der Waals surface area (Å²) in [5, 5.41) is 5.95. The van der Waals surface area contributed by atoms with Crippen LogP contribution in [0.5, 0.6) is 11.5 Å². The molecule has 1 aliphatic rings. The maximum Gasteiger partial charge on any atom is 0.280 e. The first-order valence-corrected chi connectivity index (χ1v) is 11.6. The molecule has 39 heavy (non-hydrogen) atoms. The quantitative estimate of drug-likeness (QED) is 0.116. The Morgan fingerprint density at radius 1 is 0.846 bits per heavy atom. The number of carbonyl (C=O) groups excluding carboxylic acids is 1. The lowest BCUT2D eigenvalue weighted by Crippen LogP contribution is -2.25. The lowest BCUT2D eigenvalue weighted by Gasteiger charge is -2.16. The summed E-state index contributed by atoms with van der Waals surface area (Å²) in [5.41, 5.74) is -0.345. The lowest BCUT2D eigenvalue weighted by atomic mass is 10.0. The number of ether oxygens (including phenoxy) is 2. The van der Waals surface area contributed by atoms with Crippen LogP contribution in [0.3, 0.4) is 0 Å². The molecule has 1 amide bonds. The van der Waals surface area contributed by atoms with Crippen molar-refractivity contribution in [3.63, 3.8) is 0 Å². The molecule has 0 bridgehead atoms. The topological polar surface area (TPSA) is 51.1 Å². The van der Waals surface area contributed by atoms with Gasteiger partial charge in [0.05, 0.1) is 18.4 Å². The number of methoxy groups -OCH3 is 1. The van der Waals surface area contributed by atoms with E-state index in [-0.39, 0.29) is 28.7 Å². The molecule has 4 aromatic carbocycles. The molecule has 0 aromatic heterocycles. The molecular weight excluding hydrogens is 519 g/mol. The maximum atomic E-state index is 14.4. The van der Waals surface area contributed by atoms with Crippen molar-refractivity contribution in [1.82, 2.24) is 0 Å².